The quantitative estimate of drug-likeness (QED) is 0.935. The number of anilines is 1. The first-order chi connectivity index (χ1) is 9.67. The van der Waals surface area contributed by atoms with E-state index in [2.05, 4.69) is 6.07 Å². The maximum absolute atomic E-state index is 9.15. The molecule has 0 spiro atoms. The lowest BCUT2D eigenvalue weighted by molar-refractivity contribution is 0.356. The van der Waals surface area contributed by atoms with Gasteiger partial charge in [-0.15, -0.1) is 11.3 Å². The number of nitrogen functional groups attached to an aromatic ring is 1. The van der Waals surface area contributed by atoms with Crippen LogP contribution in [0.4, 0.5) is 5.69 Å². The lowest BCUT2D eigenvalue weighted by atomic mass is 10.0. The molecule has 5 heteroatoms. The zero-order chi connectivity index (χ0) is 14.7. The van der Waals surface area contributed by atoms with Gasteiger partial charge in [-0.2, -0.15) is 5.26 Å². The molecule has 0 saturated carbocycles. The first-order valence-corrected chi connectivity index (χ1v) is 7.02. The van der Waals surface area contributed by atoms with Crippen molar-refractivity contribution in [2.45, 2.75) is 13.3 Å². The molecule has 1 heterocycles. The van der Waals surface area contributed by atoms with Gasteiger partial charge in [0.15, 0.2) is 11.5 Å². The van der Waals surface area contributed by atoms with Gasteiger partial charge in [-0.25, -0.2) is 0 Å². The van der Waals surface area contributed by atoms with Gasteiger partial charge in [0.05, 0.1) is 19.9 Å². The predicted molar refractivity (Wildman–Crippen MR) is 81.4 cm³/mol. The minimum Gasteiger partial charge on any atom is -0.493 e. The molecule has 0 unspecified atom stereocenters. The van der Waals surface area contributed by atoms with E-state index >= 15 is 0 Å². The average Bonchev–Trinajstić information content (AvgIpc) is 2.81. The van der Waals surface area contributed by atoms with E-state index in [0.717, 1.165) is 22.4 Å². The summed E-state index contributed by atoms with van der Waals surface area (Å²) in [6.07, 6.45) is 0.764. The molecule has 0 aliphatic rings. The van der Waals surface area contributed by atoms with Gasteiger partial charge in [0.25, 0.3) is 0 Å². The molecule has 0 amide bonds. The van der Waals surface area contributed by atoms with Crippen molar-refractivity contribution < 1.29 is 9.47 Å². The molecule has 20 heavy (non-hydrogen) atoms. The van der Waals surface area contributed by atoms with Crippen molar-refractivity contribution in [2.75, 3.05) is 20.0 Å². The summed E-state index contributed by atoms with van der Waals surface area (Å²) in [5.74, 6) is 1.33. The second-order valence-electron chi connectivity index (χ2n) is 4.16. The van der Waals surface area contributed by atoms with Crippen LogP contribution in [0.2, 0.25) is 0 Å². The molecule has 0 aliphatic heterocycles. The van der Waals surface area contributed by atoms with Gasteiger partial charge in [0.1, 0.15) is 10.9 Å². The molecule has 4 nitrogen and oxygen atoms in total. The summed E-state index contributed by atoms with van der Waals surface area (Å²) in [5, 5.41) is 9.15. The first-order valence-electron chi connectivity index (χ1n) is 6.20. The summed E-state index contributed by atoms with van der Waals surface area (Å²) in [4.78, 5) is 1.51. The molecule has 2 N–H and O–H groups in total. The highest BCUT2D eigenvalue weighted by atomic mass is 32.1. The third-order valence-electron chi connectivity index (χ3n) is 3.15. The second kappa shape index (κ2) is 5.85. The molecule has 0 atom stereocenters. The number of thiophene rings is 1. The highest BCUT2D eigenvalue weighted by Gasteiger charge is 2.20. The van der Waals surface area contributed by atoms with Crippen molar-refractivity contribution in [2.24, 2.45) is 0 Å². The van der Waals surface area contributed by atoms with Gasteiger partial charge >= 0.3 is 0 Å². The zero-order valence-corrected chi connectivity index (χ0v) is 12.5. The van der Waals surface area contributed by atoms with Gasteiger partial charge in [-0.05, 0) is 24.1 Å². The molecule has 0 aliphatic carbocycles. The number of hydrogen-bond donors (Lipinski definition) is 1. The van der Waals surface area contributed by atoms with E-state index in [1.54, 1.807) is 14.2 Å². The minimum atomic E-state index is 0.543. The molecule has 0 fully saturated rings. The lowest BCUT2D eigenvalue weighted by Gasteiger charge is -2.12. The van der Waals surface area contributed by atoms with Crippen LogP contribution < -0.4 is 15.2 Å². The zero-order valence-electron chi connectivity index (χ0n) is 11.7. The van der Waals surface area contributed by atoms with Crippen molar-refractivity contribution in [1.82, 2.24) is 0 Å². The fourth-order valence-electron chi connectivity index (χ4n) is 2.20. The number of methoxy groups -OCH3 is 2. The van der Waals surface area contributed by atoms with Crippen LogP contribution in [0.25, 0.3) is 10.4 Å². The fourth-order valence-corrected chi connectivity index (χ4v) is 3.33. The SMILES string of the molecule is CCc1c(-c2cccc(OC)c2OC)sc(C#N)c1N. The number of nitrogens with zero attached hydrogens (tertiary/aromatic N) is 1. The normalized spacial score (nSPS) is 10.1. The molecule has 1 aromatic heterocycles. The Morgan fingerprint density at radius 1 is 1.30 bits per heavy atom. The molecule has 0 radical (unpaired) electrons. The van der Waals surface area contributed by atoms with Crippen LogP contribution in [0.1, 0.15) is 17.4 Å². The van der Waals surface area contributed by atoms with E-state index in [9.17, 15) is 0 Å². The second-order valence-corrected chi connectivity index (χ2v) is 5.18. The van der Waals surface area contributed by atoms with Gasteiger partial charge in [0, 0.05) is 10.4 Å². The minimum absolute atomic E-state index is 0.543. The number of nitrogens with two attached hydrogens (primary N) is 1. The number of rotatable bonds is 4. The van der Waals surface area contributed by atoms with Crippen LogP contribution in [0, 0.1) is 11.3 Å². The van der Waals surface area contributed by atoms with Crippen LogP contribution in [0.5, 0.6) is 11.5 Å². The standard InChI is InChI=1S/C15H16N2O2S/c1-4-9-13(17)12(8-16)20-15(9)10-6-5-7-11(18-2)14(10)19-3/h5-7H,4,17H2,1-3H3. The van der Waals surface area contributed by atoms with Crippen molar-refractivity contribution >= 4 is 17.0 Å². The van der Waals surface area contributed by atoms with Gasteiger partial charge < -0.3 is 15.2 Å². The molecule has 104 valence electrons. The van der Waals surface area contributed by atoms with Gasteiger partial charge in [0.2, 0.25) is 0 Å². The number of hydrogen-bond acceptors (Lipinski definition) is 5. The van der Waals surface area contributed by atoms with E-state index in [4.69, 9.17) is 20.5 Å². The molecular formula is C15H16N2O2S. The monoisotopic (exact) mass is 288 g/mol. The summed E-state index contributed by atoms with van der Waals surface area (Å²) in [6, 6.07) is 7.84. The van der Waals surface area contributed by atoms with Crippen molar-refractivity contribution in [3.63, 3.8) is 0 Å². The number of benzene rings is 1. The largest absolute Gasteiger partial charge is 0.493 e. The third kappa shape index (κ3) is 2.19. The summed E-state index contributed by atoms with van der Waals surface area (Å²) < 4.78 is 10.8. The van der Waals surface area contributed by atoms with Crippen molar-refractivity contribution in [1.29, 1.82) is 5.26 Å². The Hall–Kier alpha value is -2.19. The van der Waals surface area contributed by atoms with E-state index in [1.807, 2.05) is 25.1 Å². The number of nitriles is 1. The predicted octanol–water partition coefficient (Wildman–Crippen LogP) is 3.45. The van der Waals surface area contributed by atoms with Crippen LogP contribution in [0.3, 0.4) is 0 Å². The number of para-hydroxylation sites is 1. The topological polar surface area (TPSA) is 68.3 Å². The smallest absolute Gasteiger partial charge is 0.169 e. The molecule has 0 bridgehead atoms. The summed E-state index contributed by atoms with van der Waals surface area (Å²) in [5.41, 5.74) is 8.50. The Balaban J connectivity index is 2.72. The average molecular weight is 288 g/mol. The Morgan fingerprint density at radius 3 is 2.60 bits per heavy atom. The molecule has 0 saturated heterocycles. The summed E-state index contributed by atoms with van der Waals surface area (Å²) in [7, 11) is 3.21. The van der Waals surface area contributed by atoms with Crippen molar-refractivity contribution in [3.05, 3.63) is 28.6 Å². The van der Waals surface area contributed by atoms with E-state index in [-0.39, 0.29) is 0 Å². The van der Waals surface area contributed by atoms with Crippen molar-refractivity contribution in [3.8, 4) is 28.0 Å². The summed E-state index contributed by atoms with van der Waals surface area (Å²) in [6.45, 7) is 2.02. The number of ether oxygens (including phenoxy) is 2. The highest BCUT2D eigenvalue weighted by Crippen LogP contribution is 2.45. The Kier molecular flexibility index (Phi) is 4.16. The molecule has 2 aromatic rings. The lowest BCUT2D eigenvalue weighted by Crippen LogP contribution is -1.95. The molecule has 1 aromatic carbocycles. The van der Waals surface area contributed by atoms with Gasteiger partial charge in [-0.3, -0.25) is 0 Å². The Labute approximate surface area is 122 Å². The van der Waals surface area contributed by atoms with Crippen LogP contribution in [-0.2, 0) is 6.42 Å². The highest BCUT2D eigenvalue weighted by molar-refractivity contribution is 7.16. The van der Waals surface area contributed by atoms with E-state index in [1.165, 1.54) is 11.3 Å². The van der Waals surface area contributed by atoms with Crippen LogP contribution >= 0.6 is 11.3 Å². The van der Waals surface area contributed by atoms with Gasteiger partial charge in [-0.1, -0.05) is 13.0 Å². The Morgan fingerprint density at radius 2 is 2.05 bits per heavy atom. The summed E-state index contributed by atoms with van der Waals surface area (Å²) >= 11 is 1.39. The maximum Gasteiger partial charge on any atom is 0.169 e. The molecular weight excluding hydrogens is 272 g/mol. The van der Waals surface area contributed by atoms with E-state index < -0.39 is 0 Å². The van der Waals surface area contributed by atoms with Crippen LogP contribution in [-0.4, -0.2) is 14.2 Å². The maximum atomic E-state index is 9.15. The third-order valence-corrected chi connectivity index (χ3v) is 4.34. The van der Waals surface area contributed by atoms with Crippen LogP contribution in [0.15, 0.2) is 18.2 Å². The first kappa shape index (κ1) is 14.2. The Bertz CT molecular complexity index is 671. The van der Waals surface area contributed by atoms with E-state index in [0.29, 0.717) is 22.1 Å². The molecule has 2 rings (SSSR count). The fraction of sp³-hybridized carbons (Fsp3) is 0.267.